The van der Waals surface area contributed by atoms with Crippen LogP contribution in [0, 0.1) is 0 Å². The molecule has 1 aromatic rings. The molecule has 2 nitrogen and oxygen atoms in total. The minimum absolute atomic E-state index is 0.682. The number of hydrogen-bond donors (Lipinski definition) is 1. The number of rotatable bonds is 2. The Balaban J connectivity index is 1.67. The summed E-state index contributed by atoms with van der Waals surface area (Å²) in [5.41, 5.74) is 2.86. The van der Waals surface area contributed by atoms with Crippen LogP contribution in [0.25, 0.3) is 0 Å². The fourth-order valence-electron chi connectivity index (χ4n) is 2.89. The summed E-state index contributed by atoms with van der Waals surface area (Å²) in [5, 5.41) is 4.32. The van der Waals surface area contributed by atoms with Gasteiger partial charge in [-0.3, -0.25) is 0 Å². The number of thioether (sulfide) groups is 1. The maximum absolute atomic E-state index is 3.52. The van der Waals surface area contributed by atoms with Crippen LogP contribution in [-0.2, 0) is 0 Å². The second kappa shape index (κ2) is 4.91. The van der Waals surface area contributed by atoms with Gasteiger partial charge in [0, 0.05) is 48.8 Å². The molecule has 2 atom stereocenters. The quantitative estimate of drug-likeness (QED) is 0.866. The lowest BCUT2D eigenvalue weighted by Crippen LogP contribution is -2.39. The van der Waals surface area contributed by atoms with E-state index in [-0.39, 0.29) is 0 Å². The highest BCUT2D eigenvalue weighted by Gasteiger charge is 2.25. The fourth-order valence-corrected chi connectivity index (χ4v) is 3.97. The summed E-state index contributed by atoms with van der Waals surface area (Å²) in [4.78, 5) is 2.63. The molecule has 1 aromatic carbocycles. The number of hydrogen-bond acceptors (Lipinski definition) is 3. The fraction of sp³-hybridized carbons (Fsp3) is 0.571. The normalized spacial score (nSPS) is 28.8. The predicted molar refractivity (Wildman–Crippen MR) is 76.0 cm³/mol. The molecule has 0 spiro atoms. The zero-order valence-electron chi connectivity index (χ0n) is 10.4. The lowest BCUT2D eigenvalue weighted by atomic mass is 10.0. The van der Waals surface area contributed by atoms with Gasteiger partial charge in [0.05, 0.1) is 0 Å². The summed E-state index contributed by atoms with van der Waals surface area (Å²) in [7, 11) is 0. The predicted octanol–water partition coefficient (Wildman–Crippen LogP) is 2.63. The Hall–Kier alpha value is -0.670. The van der Waals surface area contributed by atoms with E-state index >= 15 is 0 Å². The maximum atomic E-state index is 3.52. The number of nitrogens with one attached hydrogen (secondary N) is 1. The van der Waals surface area contributed by atoms with E-state index in [2.05, 4.69) is 53.2 Å². The van der Waals surface area contributed by atoms with Crippen molar-refractivity contribution in [2.45, 2.75) is 18.1 Å². The van der Waals surface area contributed by atoms with Crippen molar-refractivity contribution in [3.63, 3.8) is 0 Å². The first-order valence-corrected chi connectivity index (χ1v) is 7.54. The lowest BCUT2D eigenvalue weighted by molar-refractivity contribution is 0.272. The third kappa shape index (κ3) is 2.45. The molecule has 1 N–H and O–H groups in total. The monoisotopic (exact) mass is 248 g/mol. The van der Waals surface area contributed by atoms with Crippen molar-refractivity contribution in [3.05, 3.63) is 29.8 Å². The van der Waals surface area contributed by atoms with Crippen molar-refractivity contribution >= 4 is 17.4 Å². The summed E-state index contributed by atoms with van der Waals surface area (Å²) in [6, 6.07) is 8.76. The first-order valence-electron chi connectivity index (χ1n) is 6.49. The van der Waals surface area contributed by atoms with Crippen molar-refractivity contribution in [3.8, 4) is 0 Å². The van der Waals surface area contributed by atoms with Gasteiger partial charge in [-0.1, -0.05) is 25.1 Å². The van der Waals surface area contributed by atoms with E-state index in [0.717, 1.165) is 11.8 Å². The van der Waals surface area contributed by atoms with Crippen LogP contribution < -0.4 is 5.32 Å². The maximum Gasteiger partial charge on any atom is 0.0376 e. The highest BCUT2D eigenvalue weighted by atomic mass is 32.2. The minimum atomic E-state index is 0.682. The van der Waals surface area contributed by atoms with Gasteiger partial charge in [-0.2, -0.15) is 11.8 Å². The molecule has 92 valence electrons. The Morgan fingerprint density at radius 2 is 2.29 bits per heavy atom. The van der Waals surface area contributed by atoms with E-state index in [4.69, 9.17) is 0 Å². The standard InChI is InChI=1S/C14H20N2S/c1-11-9-16(6-7-17-11)10-12-8-15-14-5-3-2-4-13(12)14/h2-5,11-12,15H,6-10H2,1H3. The van der Waals surface area contributed by atoms with E-state index in [9.17, 15) is 0 Å². The minimum Gasteiger partial charge on any atom is -0.384 e. The highest BCUT2D eigenvalue weighted by molar-refractivity contribution is 7.99. The third-order valence-electron chi connectivity index (χ3n) is 3.74. The van der Waals surface area contributed by atoms with Crippen LogP contribution in [0.3, 0.4) is 0 Å². The smallest absolute Gasteiger partial charge is 0.0376 e. The van der Waals surface area contributed by atoms with Gasteiger partial charge in [-0.15, -0.1) is 0 Å². The van der Waals surface area contributed by atoms with Gasteiger partial charge in [0.2, 0.25) is 0 Å². The summed E-state index contributed by atoms with van der Waals surface area (Å²) in [6.07, 6.45) is 0. The van der Waals surface area contributed by atoms with Gasteiger partial charge in [0.1, 0.15) is 0 Å². The van der Waals surface area contributed by atoms with Gasteiger partial charge in [-0.05, 0) is 11.6 Å². The van der Waals surface area contributed by atoms with Crippen LogP contribution in [0.5, 0.6) is 0 Å². The van der Waals surface area contributed by atoms with E-state index in [1.807, 2.05) is 0 Å². The highest BCUT2D eigenvalue weighted by Crippen LogP contribution is 2.32. The van der Waals surface area contributed by atoms with Crippen molar-refractivity contribution in [2.24, 2.45) is 0 Å². The first-order chi connectivity index (χ1) is 8.33. The molecule has 0 saturated carbocycles. The summed E-state index contributed by atoms with van der Waals surface area (Å²) < 4.78 is 0. The van der Waals surface area contributed by atoms with Crippen LogP contribution in [-0.4, -0.2) is 42.1 Å². The molecule has 2 aliphatic heterocycles. The Morgan fingerprint density at radius 3 is 3.18 bits per heavy atom. The Labute approximate surface area is 108 Å². The number of para-hydroxylation sites is 1. The van der Waals surface area contributed by atoms with Crippen LogP contribution in [0.15, 0.2) is 24.3 Å². The Bertz CT molecular complexity index is 394. The third-order valence-corrected chi connectivity index (χ3v) is 4.88. The van der Waals surface area contributed by atoms with Gasteiger partial charge in [-0.25, -0.2) is 0 Å². The van der Waals surface area contributed by atoms with Crippen LogP contribution in [0.1, 0.15) is 18.4 Å². The average Bonchev–Trinajstić information content (AvgIpc) is 2.73. The van der Waals surface area contributed by atoms with E-state index in [1.165, 1.54) is 36.6 Å². The average molecular weight is 248 g/mol. The molecule has 0 amide bonds. The molecule has 2 heterocycles. The van der Waals surface area contributed by atoms with Gasteiger partial charge in [0.25, 0.3) is 0 Å². The molecule has 2 unspecified atom stereocenters. The summed E-state index contributed by atoms with van der Waals surface area (Å²) in [5.74, 6) is 1.98. The zero-order chi connectivity index (χ0) is 11.7. The topological polar surface area (TPSA) is 15.3 Å². The zero-order valence-corrected chi connectivity index (χ0v) is 11.2. The first kappa shape index (κ1) is 11.4. The van der Waals surface area contributed by atoms with Crippen LogP contribution >= 0.6 is 11.8 Å². The number of fused-ring (bicyclic) bond motifs is 1. The van der Waals surface area contributed by atoms with Gasteiger partial charge < -0.3 is 10.2 Å². The van der Waals surface area contributed by atoms with Crippen LogP contribution in [0.2, 0.25) is 0 Å². The van der Waals surface area contributed by atoms with E-state index in [1.54, 1.807) is 0 Å². The Morgan fingerprint density at radius 1 is 1.41 bits per heavy atom. The van der Waals surface area contributed by atoms with Crippen molar-refractivity contribution in [1.82, 2.24) is 4.90 Å². The SMILES string of the molecule is CC1CN(CC2CNc3ccccc32)CCS1. The van der Waals surface area contributed by atoms with Crippen molar-refractivity contribution in [1.29, 1.82) is 0 Å². The van der Waals surface area contributed by atoms with Gasteiger partial charge in [0.15, 0.2) is 0 Å². The molecule has 0 bridgehead atoms. The summed E-state index contributed by atoms with van der Waals surface area (Å²) in [6.45, 7) is 7.18. The lowest BCUT2D eigenvalue weighted by Gasteiger charge is -2.32. The second-order valence-electron chi connectivity index (χ2n) is 5.11. The van der Waals surface area contributed by atoms with E-state index in [0.29, 0.717) is 5.92 Å². The molecule has 0 aliphatic carbocycles. The summed E-state index contributed by atoms with van der Waals surface area (Å²) >= 11 is 2.11. The molecular weight excluding hydrogens is 228 g/mol. The number of anilines is 1. The largest absolute Gasteiger partial charge is 0.384 e. The molecule has 1 fully saturated rings. The van der Waals surface area contributed by atoms with Crippen LogP contribution in [0.4, 0.5) is 5.69 Å². The second-order valence-corrected chi connectivity index (χ2v) is 6.65. The Kier molecular flexibility index (Phi) is 3.30. The van der Waals surface area contributed by atoms with Crippen molar-refractivity contribution in [2.75, 3.05) is 37.2 Å². The molecule has 1 saturated heterocycles. The van der Waals surface area contributed by atoms with E-state index < -0.39 is 0 Å². The molecule has 0 radical (unpaired) electrons. The number of nitrogens with zero attached hydrogens (tertiary/aromatic N) is 1. The van der Waals surface area contributed by atoms with Gasteiger partial charge >= 0.3 is 0 Å². The molecule has 3 rings (SSSR count). The molecule has 17 heavy (non-hydrogen) atoms. The molecule has 0 aromatic heterocycles. The number of benzene rings is 1. The molecule has 2 aliphatic rings. The molecule has 3 heteroatoms. The van der Waals surface area contributed by atoms with Crippen molar-refractivity contribution < 1.29 is 0 Å². The molecular formula is C14H20N2S.